The fraction of sp³-hybridized carbons (Fsp3) is 0.300. The monoisotopic (exact) mass is 413 g/mol. The van der Waals surface area contributed by atoms with Crippen LogP contribution in [-0.2, 0) is 21.7 Å². The third-order valence-electron chi connectivity index (χ3n) is 5.80. The first kappa shape index (κ1) is 18.0. The van der Waals surface area contributed by atoms with Gasteiger partial charge in [0.25, 0.3) is 11.5 Å². The molecule has 3 heterocycles. The van der Waals surface area contributed by atoms with Crippen LogP contribution in [0.25, 0.3) is 22.0 Å². The Kier molecular flexibility index (Phi) is 3.55. The second-order valence-corrected chi connectivity index (χ2v) is 9.76. The minimum Gasteiger partial charge on any atom is -0.475 e. The maximum Gasteiger partial charge on any atom is 0.274 e. The molecule has 8 nitrogen and oxygen atoms in total. The van der Waals surface area contributed by atoms with Gasteiger partial charge in [0.2, 0.25) is 0 Å². The number of nitrogens with zero attached hydrogens (tertiary/aromatic N) is 1. The zero-order chi connectivity index (χ0) is 20.6. The predicted molar refractivity (Wildman–Crippen MR) is 108 cm³/mol. The van der Waals surface area contributed by atoms with Crippen molar-refractivity contribution in [2.45, 2.75) is 29.8 Å². The quantitative estimate of drug-likeness (QED) is 0.669. The molecule has 5 rings (SSSR count). The third-order valence-corrected chi connectivity index (χ3v) is 6.89. The zero-order valence-corrected chi connectivity index (χ0v) is 16.7. The van der Waals surface area contributed by atoms with E-state index in [2.05, 4.69) is 10.3 Å². The number of carbonyl (C=O) groups is 1. The maximum absolute atomic E-state index is 12.6. The number of hydrogen-bond donors (Lipinski definition) is 2. The highest BCUT2D eigenvalue weighted by atomic mass is 32.2. The third kappa shape index (κ3) is 2.53. The Hall–Kier alpha value is -3.07. The second kappa shape index (κ2) is 5.73. The van der Waals surface area contributed by atoms with E-state index in [1.54, 1.807) is 31.6 Å². The highest BCUT2D eigenvalue weighted by Crippen LogP contribution is 2.49. The Morgan fingerprint density at radius 1 is 1.17 bits per heavy atom. The maximum atomic E-state index is 12.6. The van der Waals surface area contributed by atoms with Crippen molar-refractivity contribution in [1.82, 2.24) is 9.55 Å². The average molecular weight is 413 g/mol. The molecule has 9 heteroatoms. The number of rotatable bonds is 2. The van der Waals surface area contributed by atoms with E-state index < -0.39 is 15.4 Å². The molecule has 0 bridgehead atoms. The molecule has 150 valence electrons. The largest absolute Gasteiger partial charge is 0.475 e. The summed E-state index contributed by atoms with van der Waals surface area (Å²) >= 11 is 0. The number of H-pyrrole nitrogens is 1. The van der Waals surface area contributed by atoms with Gasteiger partial charge in [-0.1, -0.05) is 0 Å². The molecule has 0 unspecified atom stereocenters. The molecule has 1 fully saturated rings. The average Bonchev–Trinajstić information content (AvgIpc) is 3.11. The van der Waals surface area contributed by atoms with E-state index in [0.29, 0.717) is 46.3 Å². The van der Waals surface area contributed by atoms with Crippen LogP contribution in [-0.4, -0.2) is 35.7 Å². The summed E-state index contributed by atoms with van der Waals surface area (Å²) in [5.74, 6) is 0.179. The fourth-order valence-corrected chi connectivity index (χ4v) is 4.67. The van der Waals surface area contributed by atoms with Gasteiger partial charge >= 0.3 is 0 Å². The second-order valence-electron chi connectivity index (χ2n) is 7.75. The van der Waals surface area contributed by atoms with E-state index in [9.17, 15) is 18.0 Å². The Balaban J connectivity index is 1.85. The Bertz CT molecular complexity index is 1360. The normalized spacial score (nSPS) is 17.5. The van der Waals surface area contributed by atoms with E-state index in [-0.39, 0.29) is 16.4 Å². The van der Waals surface area contributed by atoms with Gasteiger partial charge in [0.1, 0.15) is 5.52 Å². The number of aromatic nitrogens is 2. The summed E-state index contributed by atoms with van der Waals surface area (Å²) in [6.07, 6.45) is 6.55. The standard InChI is InChI=1S/C20H19N3O5S/c1-23-10-14(12-4-7-21-16(12)18(23)24)13-8-11(29(2,26)27)9-15-17(13)28-20(5-3-6-20)19(25)22-15/h4,7-10,21H,3,5-6H2,1-2H3,(H,22,25). The molecule has 2 N–H and O–H groups in total. The molecule has 3 aromatic rings. The number of amides is 1. The summed E-state index contributed by atoms with van der Waals surface area (Å²) in [7, 11) is -1.91. The van der Waals surface area contributed by atoms with E-state index in [0.717, 1.165) is 12.7 Å². The number of fused-ring (bicyclic) bond motifs is 2. The van der Waals surface area contributed by atoms with Crippen LogP contribution in [0, 0.1) is 0 Å². The molecule has 2 aromatic heterocycles. The number of ether oxygens (including phenoxy) is 1. The molecule has 1 aliphatic heterocycles. The van der Waals surface area contributed by atoms with Gasteiger partial charge in [-0.05, 0) is 37.5 Å². The van der Waals surface area contributed by atoms with Crippen LogP contribution >= 0.6 is 0 Å². The lowest BCUT2D eigenvalue weighted by molar-refractivity contribution is -0.139. The number of benzene rings is 1. The summed E-state index contributed by atoms with van der Waals surface area (Å²) in [6, 6.07) is 4.74. The number of anilines is 1. The molecule has 1 aromatic carbocycles. The van der Waals surface area contributed by atoms with E-state index in [4.69, 9.17) is 4.74 Å². The van der Waals surface area contributed by atoms with E-state index >= 15 is 0 Å². The lowest BCUT2D eigenvalue weighted by atomic mass is 9.78. The van der Waals surface area contributed by atoms with Gasteiger partial charge in [-0.2, -0.15) is 0 Å². The smallest absolute Gasteiger partial charge is 0.274 e. The van der Waals surface area contributed by atoms with Crippen LogP contribution in [0.4, 0.5) is 5.69 Å². The van der Waals surface area contributed by atoms with Gasteiger partial charge in [0.05, 0.1) is 10.6 Å². The summed E-state index contributed by atoms with van der Waals surface area (Å²) < 4.78 is 32.2. The molecule has 29 heavy (non-hydrogen) atoms. The highest BCUT2D eigenvalue weighted by Gasteiger charge is 2.50. The zero-order valence-electron chi connectivity index (χ0n) is 15.9. The summed E-state index contributed by atoms with van der Waals surface area (Å²) in [4.78, 5) is 28.1. The molecule has 2 aliphatic rings. The number of hydrogen-bond acceptors (Lipinski definition) is 5. The minimum atomic E-state index is -3.55. The molecule has 0 radical (unpaired) electrons. The van der Waals surface area contributed by atoms with Crippen LogP contribution in [0.15, 0.2) is 40.3 Å². The summed E-state index contributed by atoms with van der Waals surface area (Å²) in [6.45, 7) is 0. The number of nitrogens with one attached hydrogen (secondary N) is 2. The van der Waals surface area contributed by atoms with Crippen LogP contribution in [0.1, 0.15) is 19.3 Å². The molecule has 1 saturated carbocycles. The summed E-state index contributed by atoms with van der Waals surface area (Å²) in [5, 5.41) is 3.50. The van der Waals surface area contributed by atoms with Crippen molar-refractivity contribution in [2.24, 2.45) is 7.05 Å². The molecular formula is C20H19N3O5S. The van der Waals surface area contributed by atoms with Gasteiger partial charge in [-0.15, -0.1) is 0 Å². The van der Waals surface area contributed by atoms with Crippen molar-refractivity contribution in [3.63, 3.8) is 0 Å². The first-order valence-electron chi connectivity index (χ1n) is 9.25. The van der Waals surface area contributed by atoms with Gasteiger partial charge in [0.15, 0.2) is 21.2 Å². The number of aromatic amines is 1. The summed E-state index contributed by atoms with van der Waals surface area (Å²) in [5.41, 5.74) is 0.813. The highest BCUT2D eigenvalue weighted by molar-refractivity contribution is 7.90. The minimum absolute atomic E-state index is 0.0669. The fourth-order valence-electron chi connectivity index (χ4n) is 4.01. The van der Waals surface area contributed by atoms with E-state index in [1.165, 1.54) is 10.6 Å². The Labute approximate surface area is 166 Å². The van der Waals surface area contributed by atoms with Gasteiger partial charge in [0, 0.05) is 42.2 Å². The van der Waals surface area contributed by atoms with E-state index in [1.807, 2.05) is 0 Å². The lowest BCUT2D eigenvalue weighted by Crippen LogP contribution is -2.55. The van der Waals surface area contributed by atoms with Crippen LogP contribution in [0.2, 0.25) is 0 Å². The SMILES string of the molecule is Cn1cc(-c2cc(S(C)(=O)=O)cc3c2OC2(CCC2)C(=O)N3)c2cc[nH]c2c1=O. The van der Waals surface area contributed by atoms with Gasteiger partial charge in [-0.25, -0.2) is 8.42 Å². The molecule has 1 spiro atoms. The number of carbonyl (C=O) groups excluding carboxylic acids is 1. The van der Waals surface area contributed by atoms with Crippen molar-refractivity contribution >= 4 is 32.3 Å². The first-order chi connectivity index (χ1) is 13.7. The Morgan fingerprint density at radius 3 is 2.59 bits per heavy atom. The topological polar surface area (TPSA) is 110 Å². The Morgan fingerprint density at radius 2 is 1.93 bits per heavy atom. The molecule has 1 aliphatic carbocycles. The number of pyridine rings is 1. The van der Waals surface area contributed by atoms with Crippen molar-refractivity contribution in [3.05, 3.63) is 40.9 Å². The number of sulfone groups is 1. The first-order valence-corrected chi connectivity index (χ1v) is 11.1. The molecule has 0 atom stereocenters. The molecule has 1 amide bonds. The predicted octanol–water partition coefficient (Wildman–Crippen LogP) is 2.19. The van der Waals surface area contributed by atoms with Crippen molar-refractivity contribution in [3.8, 4) is 16.9 Å². The lowest BCUT2D eigenvalue weighted by Gasteiger charge is -2.44. The van der Waals surface area contributed by atoms with Gasteiger partial charge in [-0.3, -0.25) is 9.59 Å². The van der Waals surface area contributed by atoms with Crippen LogP contribution in [0.5, 0.6) is 5.75 Å². The van der Waals surface area contributed by atoms with Crippen molar-refractivity contribution in [2.75, 3.05) is 11.6 Å². The van der Waals surface area contributed by atoms with Crippen molar-refractivity contribution < 1.29 is 17.9 Å². The van der Waals surface area contributed by atoms with Crippen LogP contribution in [0.3, 0.4) is 0 Å². The molecule has 0 saturated heterocycles. The van der Waals surface area contributed by atoms with Crippen LogP contribution < -0.4 is 15.6 Å². The molecular weight excluding hydrogens is 394 g/mol. The number of aryl methyl sites for hydroxylation is 1. The van der Waals surface area contributed by atoms with Gasteiger partial charge < -0.3 is 19.6 Å². The van der Waals surface area contributed by atoms with Crippen molar-refractivity contribution in [1.29, 1.82) is 0 Å².